The van der Waals surface area contributed by atoms with Crippen LogP contribution in [0.25, 0.3) is 6.08 Å². The van der Waals surface area contributed by atoms with E-state index in [1.54, 1.807) is 26.2 Å². The van der Waals surface area contributed by atoms with Gasteiger partial charge in [-0.3, -0.25) is 19.2 Å². The Kier molecular flexibility index (Phi) is 12.1. The number of likely N-dealkylation sites (N-methyl/N-ethyl adjacent to an activating group) is 1. The molecule has 2 fully saturated rings. The van der Waals surface area contributed by atoms with Gasteiger partial charge in [-0.05, 0) is 112 Å². The third kappa shape index (κ3) is 8.50. The summed E-state index contributed by atoms with van der Waals surface area (Å²) in [6.45, 7) is 5.21. The molecule has 0 spiro atoms. The zero-order chi connectivity index (χ0) is 38.5. The summed E-state index contributed by atoms with van der Waals surface area (Å²) in [4.78, 5) is 72.7. The second kappa shape index (κ2) is 16.9. The number of Topliss-reactive ketones (excluding diaryl/α,β-unsaturated/α-hetero) is 1. The Bertz CT molecular complexity index is 1950. The molecule has 1 N–H and O–H groups in total. The molecule has 0 unspecified atom stereocenters. The highest BCUT2D eigenvalue weighted by Crippen LogP contribution is 2.38. The summed E-state index contributed by atoms with van der Waals surface area (Å²) in [7, 11) is 3.12. The maximum Gasteiger partial charge on any atom is 0.338 e. The number of carbonyl (C=O) groups excluding carboxylic acids is 5. The SMILES string of the molecule is CC(=O)c1ccc(Cl)c(F)c1/C=C/C(=O)N1CCc2c(cccc2N2CCC(N3CCCC3)CC2)[C@H]1C(=O)Nc1ccc(C(=O)OCC(=O)N(C)C)cc1. The van der Waals surface area contributed by atoms with Crippen LogP contribution < -0.4 is 10.2 Å². The van der Waals surface area contributed by atoms with E-state index in [0.717, 1.165) is 50.3 Å². The van der Waals surface area contributed by atoms with Crippen molar-refractivity contribution in [2.75, 3.05) is 63.6 Å². The lowest BCUT2D eigenvalue weighted by Crippen LogP contribution is -2.46. The molecule has 13 heteroatoms. The van der Waals surface area contributed by atoms with E-state index in [0.29, 0.717) is 23.7 Å². The van der Waals surface area contributed by atoms with Crippen LogP contribution >= 0.6 is 11.6 Å². The number of hydrogen-bond donors (Lipinski definition) is 1. The van der Waals surface area contributed by atoms with Crippen molar-refractivity contribution in [3.63, 3.8) is 0 Å². The molecule has 6 rings (SSSR count). The second-order valence-electron chi connectivity index (χ2n) is 14.1. The van der Waals surface area contributed by atoms with E-state index >= 15 is 4.39 Å². The van der Waals surface area contributed by atoms with E-state index in [1.165, 1.54) is 66.0 Å². The number of rotatable bonds is 10. The third-order valence-electron chi connectivity index (χ3n) is 10.5. The number of anilines is 2. The molecule has 3 aromatic carbocycles. The Morgan fingerprint density at radius 2 is 1.65 bits per heavy atom. The molecule has 11 nitrogen and oxygen atoms in total. The molecule has 0 saturated carbocycles. The fourth-order valence-electron chi connectivity index (χ4n) is 7.57. The lowest BCUT2D eigenvalue weighted by Gasteiger charge is -2.41. The summed E-state index contributed by atoms with van der Waals surface area (Å²) >= 11 is 6.02. The van der Waals surface area contributed by atoms with Crippen LogP contribution in [0.4, 0.5) is 15.8 Å². The molecule has 54 heavy (non-hydrogen) atoms. The first-order chi connectivity index (χ1) is 25.9. The molecule has 1 atom stereocenters. The van der Waals surface area contributed by atoms with Crippen molar-refractivity contribution in [1.82, 2.24) is 14.7 Å². The number of halogens is 2. The summed E-state index contributed by atoms with van der Waals surface area (Å²) < 4.78 is 20.2. The van der Waals surface area contributed by atoms with Crippen LogP contribution in [0.3, 0.4) is 0 Å². The molecule has 3 aliphatic heterocycles. The van der Waals surface area contributed by atoms with Gasteiger partial charge in [0, 0.05) is 68.3 Å². The van der Waals surface area contributed by atoms with Crippen molar-refractivity contribution in [2.24, 2.45) is 0 Å². The van der Waals surface area contributed by atoms with Gasteiger partial charge < -0.3 is 29.7 Å². The number of esters is 1. The quantitative estimate of drug-likeness (QED) is 0.157. The molecule has 3 amide bonds. The fraction of sp³-hybridized carbons (Fsp3) is 0.390. The second-order valence-corrected chi connectivity index (χ2v) is 14.5. The summed E-state index contributed by atoms with van der Waals surface area (Å²) in [5.41, 5.74) is 3.28. The number of hydrogen-bond acceptors (Lipinski definition) is 8. The minimum Gasteiger partial charge on any atom is -0.452 e. The van der Waals surface area contributed by atoms with Crippen LogP contribution in [0.15, 0.2) is 60.7 Å². The Hall–Kier alpha value is -5.07. The standard InChI is InChI=1S/C41H45ClFN5O6/c1-26(49)30-13-15-34(42)38(43)32(30)14-16-36(50)48-24-19-31-33(7-6-8-35(31)47-22-17-29(18-23-47)46-20-4-5-21-46)39(48)40(52)44-28-11-9-27(10-12-28)41(53)54-25-37(51)45(2)3/h6-16,29,39H,4-5,17-25H2,1-3H3,(H,44,52)/b16-14+/t39-/m0/s1. The average molecular weight is 758 g/mol. The number of ether oxygens (including phenoxy) is 1. The molecule has 0 aliphatic carbocycles. The van der Waals surface area contributed by atoms with Crippen molar-refractivity contribution in [2.45, 2.75) is 51.1 Å². The first kappa shape index (κ1) is 38.6. The smallest absolute Gasteiger partial charge is 0.338 e. The van der Waals surface area contributed by atoms with Gasteiger partial charge >= 0.3 is 5.97 Å². The molecule has 3 heterocycles. The highest BCUT2D eigenvalue weighted by Gasteiger charge is 2.37. The van der Waals surface area contributed by atoms with Gasteiger partial charge in [0.25, 0.3) is 11.8 Å². The highest BCUT2D eigenvalue weighted by molar-refractivity contribution is 6.31. The zero-order valence-electron chi connectivity index (χ0n) is 30.8. The number of piperidine rings is 1. The molecule has 3 aromatic rings. The lowest BCUT2D eigenvalue weighted by atomic mass is 9.89. The van der Waals surface area contributed by atoms with Crippen LogP contribution in [0.5, 0.6) is 0 Å². The van der Waals surface area contributed by atoms with Gasteiger partial charge in [-0.15, -0.1) is 0 Å². The number of ketones is 1. The van der Waals surface area contributed by atoms with Gasteiger partial charge in [-0.1, -0.05) is 23.7 Å². The van der Waals surface area contributed by atoms with Crippen molar-refractivity contribution in [1.29, 1.82) is 0 Å². The minimum absolute atomic E-state index is 0.0778. The van der Waals surface area contributed by atoms with Gasteiger partial charge in [-0.2, -0.15) is 0 Å². The molecule has 0 bridgehead atoms. The van der Waals surface area contributed by atoms with E-state index in [-0.39, 0.29) is 39.9 Å². The molecule has 284 valence electrons. The van der Waals surface area contributed by atoms with Gasteiger partial charge in [0.2, 0.25) is 5.91 Å². The molecular formula is C41H45ClFN5O6. The van der Waals surface area contributed by atoms with Gasteiger partial charge in [0.05, 0.1) is 10.6 Å². The predicted molar refractivity (Wildman–Crippen MR) is 205 cm³/mol. The summed E-state index contributed by atoms with van der Waals surface area (Å²) in [5, 5.41) is 2.72. The number of carbonyl (C=O) groups is 5. The normalized spacial score (nSPS) is 17.7. The predicted octanol–water partition coefficient (Wildman–Crippen LogP) is 5.77. The molecule has 2 saturated heterocycles. The molecule has 3 aliphatic rings. The Labute approximate surface area is 319 Å². The monoisotopic (exact) mass is 757 g/mol. The first-order valence-electron chi connectivity index (χ1n) is 18.3. The zero-order valence-corrected chi connectivity index (χ0v) is 31.5. The van der Waals surface area contributed by atoms with Crippen LogP contribution in [-0.2, 0) is 25.5 Å². The topological polar surface area (TPSA) is 120 Å². The summed E-state index contributed by atoms with van der Waals surface area (Å²) in [5.74, 6) is -3.28. The average Bonchev–Trinajstić information content (AvgIpc) is 3.72. The maximum absolute atomic E-state index is 15.1. The van der Waals surface area contributed by atoms with Crippen molar-refractivity contribution in [3.05, 3.63) is 99.3 Å². The van der Waals surface area contributed by atoms with E-state index < -0.39 is 36.2 Å². The van der Waals surface area contributed by atoms with E-state index in [4.69, 9.17) is 16.3 Å². The van der Waals surface area contributed by atoms with Crippen molar-refractivity contribution in [3.8, 4) is 0 Å². The van der Waals surface area contributed by atoms with Crippen LogP contribution in [-0.4, -0.2) is 104 Å². The molecule has 0 radical (unpaired) electrons. The van der Waals surface area contributed by atoms with Crippen LogP contribution in [0.1, 0.15) is 76.1 Å². The number of nitrogens with zero attached hydrogens (tertiary/aromatic N) is 4. The van der Waals surface area contributed by atoms with Gasteiger partial charge in [0.1, 0.15) is 11.9 Å². The van der Waals surface area contributed by atoms with Crippen LogP contribution in [0.2, 0.25) is 5.02 Å². The Morgan fingerprint density at radius 1 is 0.944 bits per heavy atom. The Morgan fingerprint density at radius 3 is 2.31 bits per heavy atom. The fourth-order valence-corrected chi connectivity index (χ4v) is 7.74. The summed E-state index contributed by atoms with van der Waals surface area (Å²) in [6, 6.07) is 14.1. The number of benzene rings is 3. The summed E-state index contributed by atoms with van der Waals surface area (Å²) in [6.07, 6.45) is 7.51. The van der Waals surface area contributed by atoms with Crippen molar-refractivity contribution >= 4 is 58.5 Å². The highest BCUT2D eigenvalue weighted by atomic mass is 35.5. The number of fused-ring (bicyclic) bond motifs is 1. The van der Waals surface area contributed by atoms with E-state index in [2.05, 4.69) is 21.2 Å². The van der Waals surface area contributed by atoms with Crippen LogP contribution in [0, 0.1) is 5.82 Å². The number of likely N-dealkylation sites (tertiary alicyclic amines) is 1. The van der Waals surface area contributed by atoms with Gasteiger partial charge in [0.15, 0.2) is 12.4 Å². The maximum atomic E-state index is 15.1. The van der Waals surface area contributed by atoms with Gasteiger partial charge in [-0.25, -0.2) is 9.18 Å². The first-order valence-corrected chi connectivity index (χ1v) is 18.7. The Balaban J connectivity index is 1.27. The number of nitrogens with one attached hydrogen (secondary N) is 1. The number of amides is 3. The van der Waals surface area contributed by atoms with E-state index in [1.807, 2.05) is 12.1 Å². The minimum atomic E-state index is -1.05. The largest absolute Gasteiger partial charge is 0.452 e. The van der Waals surface area contributed by atoms with E-state index in [9.17, 15) is 24.0 Å². The van der Waals surface area contributed by atoms with Crippen molar-refractivity contribution < 1.29 is 33.1 Å². The molecule has 0 aromatic heterocycles. The molecular weight excluding hydrogens is 713 g/mol. The third-order valence-corrected chi connectivity index (χ3v) is 10.8. The lowest BCUT2D eigenvalue weighted by molar-refractivity contribution is -0.135.